The Kier molecular flexibility index (Phi) is 6.82. The number of aromatic nitrogens is 5. The first kappa shape index (κ1) is 25.4. The van der Waals surface area contributed by atoms with Gasteiger partial charge in [0.1, 0.15) is 0 Å². The lowest BCUT2D eigenvalue weighted by Gasteiger charge is -2.36. The van der Waals surface area contributed by atoms with Crippen LogP contribution in [0.5, 0.6) is 0 Å². The van der Waals surface area contributed by atoms with Crippen molar-refractivity contribution in [3.05, 3.63) is 50.3 Å². The van der Waals surface area contributed by atoms with Gasteiger partial charge in [0.25, 0.3) is 5.91 Å². The predicted molar refractivity (Wildman–Crippen MR) is 142 cm³/mol. The van der Waals surface area contributed by atoms with Gasteiger partial charge < -0.3 is 14.5 Å². The van der Waals surface area contributed by atoms with Gasteiger partial charge in [0.05, 0.1) is 49.4 Å². The summed E-state index contributed by atoms with van der Waals surface area (Å²) in [5.41, 5.74) is 2.65. The normalized spacial score (nSPS) is 14.0. The Balaban J connectivity index is 1.42. The van der Waals surface area contributed by atoms with E-state index in [0.717, 1.165) is 0 Å². The first-order valence-electron chi connectivity index (χ1n) is 11.6. The van der Waals surface area contributed by atoms with E-state index < -0.39 is 5.97 Å². The van der Waals surface area contributed by atoms with E-state index in [4.69, 9.17) is 39.5 Å². The van der Waals surface area contributed by atoms with Crippen LogP contribution in [0.2, 0.25) is 15.1 Å². The van der Waals surface area contributed by atoms with Crippen LogP contribution in [0.4, 0.5) is 5.82 Å². The molecule has 1 aliphatic rings. The molecule has 0 saturated carbocycles. The van der Waals surface area contributed by atoms with Gasteiger partial charge in [-0.15, -0.1) is 0 Å². The number of aryl methyl sites for hydroxylation is 2. The van der Waals surface area contributed by atoms with Crippen LogP contribution in [0.1, 0.15) is 33.5 Å². The second-order valence-electron chi connectivity index (χ2n) is 8.54. The Bertz CT molecular complexity index is 1570. The molecule has 0 unspecified atom stereocenters. The number of hydrogen-bond donors (Lipinski definition) is 0. The minimum Gasteiger partial charge on any atom is -0.461 e. The molecule has 0 bridgehead atoms. The van der Waals surface area contributed by atoms with Crippen LogP contribution in [0.15, 0.2) is 18.3 Å². The molecule has 1 aromatic carbocycles. The number of rotatable bonds is 4. The molecular weight excluding hydrogens is 541 g/mol. The first-order chi connectivity index (χ1) is 17.7. The lowest BCUT2D eigenvalue weighted by atomic mass is 10.1. The number of carbonyl (C=O) groups excluding carboxylic acids is 2. The van der Waals surface area contributed by atoms with Gasteiger partial charge in [-0.25, -0.2) is 19.7 Å². The maximum Gasteiger partial charge on any atom is 0.360 e. The first-order valence-corrected chi connectivity index (χ1v) is 12.7. The number of halogens is 3. The van der Waals surface area contributed by atoms with Gasteiger partial charge in [-0.3, -0.25) is 9.48 Å². The minimum atomic E-state index is -0.588. The van der Waals surface area contributed by atoms with E-state index in [2.05, 4.69) is 20.1 Å². The zero-order valence-corrected chi connectivity index (χ0v) is 22.5. The average Bonchev–Trinajstić information content (AvgIpc) is 3.18. The van der Waals surface area contributed by atoms with E-state index in [1.807, 2.05) is 11.8 Å². The van der Waals surface area contributed by atoms with E-state index in [1.54, 1.807) is 35.7 Å². The molecule has 0 N–H and O–H groups in total. The molecule has 3 aromatic heterocycles. The quantitative estimate of drug-likeness (QED) is 0.339. The Morgan fingerprint density at radius 2 is 1.68 bits per heavy atom. The maximum absolute atomic E-state index is 13.4. The smallest absolute Gasteiger partial charge is 0.360 e. The van der Waals surface area contributed by atoms with Gasteiger partial charge in [0.2, 0.25) is 0 Å². The molecule has 1 amide bonds. The number of amides is 1. The Morgan fingerprint density at radius 1 is 1.03 bits per heavy atom. The van der Waals surface area contributed by atoms with Gasteiger partial charge in [-0.05, 0) is 26.0 Å². The van der Waals surface area contributed by atoms with E-state index in [9.17, 15) is 9.59 Å². The van der Waals surface area contributed by atoms with Gasteiger partial charge >= 0.3 is 5.97 Å². The molecule has 0 atom stereocenters. The molecule has 0 radical (unpaired) electrons. The number of benzene rings is 1. The summed E-state index contributed by atoms with van der Waals surface area (Å²) in [6.45, 7) is 5.33. The second kappa shape index (κ2) is 9.92. The molecule has 13 heteroatoms. The number of carbonyl (C=O) groups is 2. The highest BCUT2D eigenvalue weighted by molar-refractivity contribution is 6.42. The molecular formula is C24H22Cl3N7O3. The fourth-order valence-electron chi connectivity index (χ4n) is 4.41. The number of ether oxygens (including phenoxy) is 1. The van der Waals surface area contributed by atoms with Crippen molar-refractivity contribution in [2.75, 3.05) is 37.7 Å². The van der Waals surface area contributed by atoms with Crippen LogP contribution in [0.25, 0.3) is 22.1 Å². The lowest BCUT2D eigenvalue weighted by Crippen LogP contribution is -2.49. The molecule has 1 fully saturated rings. The Hall–Kier alpha value is -3.21. The van der Waals surface area contributed by atoms with Crippen molar-refractivity contribution < 1.29 is 14.3 Å². The molecule has 0 spiro atoms. The number of hydrogen-bond acceptors (Lipinski definition) is 8. The highest BCUT2D eigenvalue weighted by atomic mass is 35.5. The number of nitrogens with zero attached hydrogens (tertiary/aromatic N) is 7. The van der Waals surface area contributed by atoms with E-state index in [0.29, 0.717) is 80.4 Å². The molecule has 37 heavy (non-hydrogen) atoms. The van der Waals surface area contributed by atoms with Crippen molar-refractivity contribution in [3.63, 3.8) is 0 Å². The number of anilines is 1. The van der Waals surface area contributed by atoms with Crippen molar-refractivity contribution >= 4 is 74.6 Å². The molecule has 4 aromatic rings. The summed E-state index contributed by atoms with van der Waals surface area (Å²) in [4.78, 5) is 43.2. The lowest BCUT2D eigenvalue weighted by molar-refractivity contribution is 0.0519. The SMILES string of the molecule is CCOC(=O)c1nc2cc(Cl)c(Cl)cc2nc1N1CCN(C(=O)c2cnc3c(c(C)nn3C)c2Cl)CC1. The molecule has 1 saturated heterocycles. The predicted octanol–water partition coefficient (Wildman–Crippen LogP) is 4.32. The van der Waals surface area contributed by atoms with Crippen LogP contribution < -0.4 is 4.90 Å². The van der Waals surface area contributed by atoms with Crippen molar-refractivity contribution in [3.8, 4) is 0 Å². The van der Waals surface area contributed by atoms with Gasteiger partial charge in [-0.2, -0.15) is 5.10 Å². The number of pyridine rings is 1. The highest BCUT2D eigenvalue weighted by Gasteiger charge is 2.29. The average molecular weight is 563 g/mol. The summed E-state index contributed by atoms with van der Waals surface area (Å²) < 4.78 is 6.85. The monoisotopic (exact) mass is 561 g/mol. The molecule has 10 nitrogen and oxygen atoms in total. The molecule has 192 valence electrons. The standard InChI is InChI=1S/C24H22Cl3N7O3/c1-4-37-24(36)20-22(30-17-10-15(26)14(25)9-16(17)29-20)33-5-7-34(8-6-33)23(35)13-11-28-21-18(19(13)27)12(2)31-32(21)3/h9-11H,4-8H2,1-3H3. The van der Waals surface area contributed by atoms with Crippen molar-refractivity contribution in [2.45, 2.75) is 13.8 Å². The topological polar surface area (TPSA) is 106 Å². The summed E-state index contributed by atoms with van der Waals surface area (Å²) in [7, 11) is 1.78. The third-order valence-corrected chi connectivity index (χ3v) is 7.33. The number of esters is 1. The van der Waals surface area contributed by atoms with E-state index in [1.165, 1.54) is 6.20 Å². The molecule has 4 heterocycles. The Morgan fingerprint density at radius 3 is 2.32 bits per heavy atom. The zero-order chi connectivity index (χ0) is 26.4. The fourth-order valence-corrected chi connectivity index (χ4v) is 5.07. The second-order valence-corrected chi connectivity index (χ2v) is 9.74. The van der Waals surface area contributed by atoms with Gasteiger partial charge in [0.15, 0.2) is 17.2 Å². The highest BCUT2D eigenvalue weighted by Crippen LogP contribution is 2.31. The molecule has 1 aliphatic heterocycles. The van der Waals surface area contributed by atoms with Crippen LogP contribution in [-0.2, 0) is 11.8 Å². The molecule has 0 aliphatic carbocycles. The third-order valence-electron chi connectivity index (χ3n) is 6.22. The zero-order valence-electron chi connectivity index (χ0n) is 20.3. The largest absolute Gasteiger partial charge is 0.461 e. The summed E-state index contributed by atoms with van der Waals surface area (Å²) in [6.07, 6.45) is 1.49. The summed E-state index contributed by atoms with van der Waals surface area (Å²) >= 11 is 18.9. The van der Waals surface area contributed by atoms with Crippen molar-refractivity contribution in [1.29, 1.82) is 0 Å². The van der Waals surface area contributed by atoms with Gasteiger partial charge in [0, 0.05) is 39.4 Å². The summed E-state index contributed by atoms with van der Waals surface area (Å²) in [5.74, 6) is -0.447. The summed E-state index contributed by atoms with van der Waals surface area (Å²) in [6, 6.07) is 3.17. The van der Waals surface area contributed by atoms with Crippen molar-refractivity contribution in [2.24, 2.45) is 7.05 Å². The van der Waals surface area contributed by atoms with Crippen LogP contribution in [0.3, 0.4) is 0 Å². The summed E-state index contributed by atoms with van der Waals surface area (Å²) in [5, 5.41) is 5.99. The fraction of sp³-hybridized carbons (Fsp3) is 0.333. The maximum atomic E-state index is 13.4. The van der Waals surface area contributed by atoms with E-state index >= 15 is 0 Å². The minimum absolute atomic E-state index is 0.0808. The number of piperazine rings is 1. The van der Waals surface area contributed by atoms with Crippen LogP contribution in [-0.4, -0.2) is 74.3 Å². The Labute approximate surface area is 227 Å². The molecule has 5 rings (SSSR count). The van der Waals surface area contributed by atoms with Crippen molar-refractivity contribution in [1.82, 2.24) is 29.6 Å². The van der Waals surface area contributed by atoms with Gasteiger partial charge in [-0.1, -0.05) is 34.8 Å². The third kappa shape index (κ3) is 4.54. The van der Waals surface area contributed by atoms with E-state index in [-0.39, 0.29) is 18.2 Å². The van der Waals surface area contributed by atoms with Crippen LogP contribution in [0, 0.1) is 6.92 Å². The number of fused-ring (bicyclic) bond motifs is 2. The van der Waals surface area contributed by atoms with Crippen LogP contribution >= 0.6 is 34.8 Å².